The summed E-state index contributed by atoms with van der Waals surface area (Å²) in [6.45, 7) is 3.29. The molecule has 0 aliphatic heterocycles. The predicted molar refractivity (Wildman–Crippen MR) is 73.3 cm³/mol. The van der Waals surface area contributed by atoms with Crippen molar-refractivity contribution in [3.8, 4) is 0 Å². The normalized spacial score (nSPS) is 10.6. The zero-order valence-electron chi connectivity index (χ0n) is 11.0. The molecule has 1 heterocycles. The first-order chi connectivity index (χ1) is 8.33. The molecular formula is C15H25NO. The predicted octanol–water partition coefficient (Wildman–Crippen LogP) is 3.99. The topological polar surface area (TPSA) is 22.0 Å². The zero-order chi connectivity index (χ0) is 12.3. The average molecular weight is 235 g/mol. The van der Waals surface area contributed by atoms with E-state index in [1.165, 1.54) is 51.4 Å². The van der Waals surface area contributed by atoms with Crippen LogP contribution in [0.2, 0.25) is 0 Å². The summed E-state index contributed by atoms with van der Waals surface area (Å²) in [5.41, 5.74) is 0.0946. The minimum absolute atomic E-state index is 0.0946. The van der Waals surface area contributed by atoms with E-state index in [0.717, 1.165) is 6.54 Å². The molecule has 96 valence electrons. The lowest BCUT2D eigenvalue weighted by atomic mass is 10.1. The van der Waals surface area contributed by atoms with Gasteiger partial charge in [-0.25, -0.2) is 0 Å². The van der Waals surface area contributed by atoms with Gasteiger partial charge in [0.15, 0.2) is 5.43 Å². The lowest BCUT2D eigenvalue weighted by molar-refractivity contribution is 0.542. The Hall–Kier alpha value is -1.05. The Labute approximate surface area is 105 Å². The van der Waals surface area contributed by atoms with E-state index in [-0.39, 0.29) is 5.43 Å². The van der Waals surface area contributed by atoms with Crippen molar-refractivity contribution < 1.29 is 0 Å². The van der Waals surface area contributed by atoms with Crippen LogP contribution in [0.25, 0.3) is 0 Å². The second-order valence-electron chi connectivity index (χ2n) is 4.75. The van der Waals surface area contributed by atoms with Crippen LogP contribution in [0.15, 0.2) is 29.3 Å². The van der Waals surface area contributed by atoms with Crippen LogP contribution in [-0.4, -0.2) is 4.57 Å². The quantitative estimate of drug-likeness (QED) is 0.593. The fourth-order valence-corrected chi connectivity index (χ4v) is 2.02. The van der Waals surface area contributed by atoms with Gasteiger partial charge in [0.2, 0.25) is 0 Å². The molecule has 0 saturated carbocycles. The molecule has 0 aliphatic carbocycles. The van der Waals surface area contributed by atoms with Crippen molar-refractivity contribution in [1.29, 1.82) is 0 Å². The molecule has 0 bridgehead atoms. The van der Waals surface area contributed by atoms with Crippen LogP contribution in [0.1, 0.15) is 58.3 Å². The fraction of sp³-hybridized carbons (Fsp3) is 0.667. The molecule has 1 aromatic heterocycles. The Kier molecular flexibility index (Phi) is 7.44. The number of nitrogens with zero attached hydrogens (tertiary/aromatic N) is 1. The Morgan fingerprint density at radius 1 is 0.882 bits per heavy atom. The molecular weight excluding hydrogens is 210 g/mol. The highest BCUT2D eigenvalue weighted by atomic mass is 16.1. The van der Waals surface area contributed by atoms with Gasteiger partial charge < -0.3 is 4.57 Å². The smallest absolute Gasteiger partial charge is 0.181 e. The Bertz CT molecular complexity index is 323. The van der Waals surface area contributed by atoms with Crippen molar-refractivity contribution >= 4 is 0 Å². The number of pyridine rings is 1. The summed E-state index contributed by atoms with van der Waals surface area (Å²) in [7, 11) is 0. The van der Waals surface area contributed by atoms with E-state index >= 15 is 0 Å². The van der Waals surface area contributed by atoms with Gasteiger partial charge in [0, 0.05) is 31.1 Å². The standard InChI is InChI=1S/C15H25NO/c1-2-3-4-5-6-7-8-9-12-16-13-10-15(17)11-14-16/h10-11,13-14H,2-9,12H2,1H3. The number of aromatic nitrogens is 1. The monoisotopic (exact) mass is 235 g/mol. The number of hydrogen-bond donors (Lipinski definition) is 0. The highest BCUT2D eigenvalue weighted by molar-refractivity contribution is 4.93. The molecule has 0 spiro atoms. The van der Waals surface area contributed by atoms with E-state index in [1.54, 1.807) is 12.1 Å². The van der Waals surface area contributed by atoms with E-state index in [2.05, 4.69) is 11.5 Å². The molecule has 0 aromatic carbocycles. The molecule has 0 aliphatic rings. The average Bonchev–Trinajstić information content (AvgIpc) is 2.35. The number of rotatable bonds is 9. The molecule has 17 heavy (non-hydrogen) atoms. The summed E-state index contributed by atoms with van der Waals surface area (Å²) < 4.78 is 2.10. The molecule has 0 saturated heterocycles. The van der Waals surface area contributed by atoms with Crippen molar-refractivity contribution in [2.75, 3.05) is 0 Å². The molecule has 0 unspecified atom stereocenters. The van der Waals surface area contributed by atoms with Crippen molar-refractivity contribution in [3.05, 3.63) is 34.7 Å². The third-order valence-electron chi connectivity index (χ3n) is 3.13. The van der Waals surface area contributed by atoms with E-state index in [1.807, 2.05) is 12.4 Å². The zero-order valence-corrected chi connectivity index (χ0v) is 11.0. The first-order valence-electron chi connectivity index (χ1n) is 6.99. The Morgan fingerprint density at radius 3 is 2.00 bits per heavy atom. The van der Waals surface area contributed by atoms with Crippen molar-refractivity contribution in [3.63, 3.8) is 0 Å². The molecule has 1 aromatic rings. The van der Waals surface area contributed by atoms with Gasteiger partial charge in [-0.2, -0.15) is 0 Å². The van der Waals surface area contributed by atoms with Crippen molar-refractivity contribution in [2.24, 2.45) is 0 Å². The third-order valence-corrected chi connectivity index (χ3v) is 3.13. The van der Waals surface area contributed by atoms with Gasteiger partial charge >= 0.3 is 0 Å². The van der Waals surface area contributed by atoms with Gasteiger partial charge in [0.05, 0.1) is 0 Å². The summed E-state index contributed by atoms with van der Waals surface area (Å²) in [5.74, 6) is 0. The maximum atomic E-state index is 10.9. The molecule has 2 nitrogen and oxygen atoms in total. The van der Waals surface area contributed by atoms with Crippen LogP contribution in [-0.2, 0) is 6.54 Å². The number of aryl methyl sites for hydroxylation is 1. The molecule has 0 radical (unpaired) electrons. The van der Waals surface area contributed by atoms with Gasteiger partial charge in [-0.1, -0.05) is 51.9 Å². The molecule has 1 rings (SSSR count). The maximum absolute atomic E-state index is 10.9. The lowest BCUT2D eigenvalue weighted by Crippen LogP contribution is -2.03. The summed E-state index contributed by atoms with van der Waals surface area (Å²) in [6, 6.07) is 3.26. The largest absolute Gasteiger partial charge is 0.354 e. The van der Waals surface area contributed by atoms with E-state index in [9.17, 15) is 4.79 Å². The highest BCUT2D eigenvalue weighted by Gasteiger charge is 1.92. The first kappa shape index (κ1) is 14.0. The second kappa shape index (κ2) is 9.03. The number of unbranched alkanes of at least 4 members (excludes halogenated alkanes) is 7. The minimum atomic E-state index is 0.0946. The van der Waals surface area contributed by atoms with Gasteiger partial charge in [-0.3, -0.25) is 4.79 Å². The maximum Gasteiger partial charge on any atom is 0.181 e. The number of hydrogen-bond acceptors (Lipinski definition) is 1. The van der Waals surface area contributed by atoms with Gasteiger partial charge in [-0.15, -0.1) is 0 Å². The molecule has 2 heteroatoms. The van der Waals surface area contributed by atoms with Gasteiger partial charge in [0.25, 0.3) is 0 Å². The third kappa shape index (κ3) is 6.98. The van der Waals surface area contributed by atoms with Crippen LogP contribution in [0.4, 0.5) is 0 Å². The molecule has 0 fully saturated rings. The minimum Gasteiger partial charge on any atom is -0.354 e. The SMILES string of the molecule is CCCCCCCCCCn1ccc(=O)cc1. The fourth-order valence-electron chi connectivity index (χ4n) is 2.02. The Morgan fingerprint density at radius 2 is 1.41 bits per heavy atom. The highest BCUT2D eigenvalue weighted by Crippen LogP contribution is 2.08. The van der Waals surface area contributed by atoms with E-state index in [0.29, 0.717) is 0 Å². The summed E-state index contributed by atoms with van der Waals surface area (Å²) in [6.07, 6.45) is 14.5. The lowest BCUT2D eigenvalue weighted by Gasteiger charge is -2.05. The Balaban J connectivity index is 1.97. The van der Waals surface area contributed by atoms with Crippen LogP contribution in [0.5, 0.6) is 0 Å². The van der Waals surface area contributed by atoms with Gasteiger partial charge in [-0.05, 0) is 6.42 Å². The molecule has 0 atom stereocenters. The van der Waals surface area contributed by atoms with Crippen molar-refractivity contribution in [1.82, 2.24) is 4.57 Å². The first-order valence-corrected chi connectivity index (χ1v) is 6.99. The summed E-state index contributed by atoms with van der Waals surface area (Å²) >= 11 is 0. The van der Waals surface area contributed by atoms with Crippen LogP contribution in [0.3, 0.4) is 0 Å². The van der Waals surface area contributed by atoms with E-state index < -0.39 is 0 Å². The van der Waals surface area contributed by atoms with Crippen LogP contribution < -0.4 is 5.43 Å². The molecule has 0 N–H and O–H groups in total. The summed E-state index contributed by atoms with van der Waals surface area (Å²) in [4.78, 5) is 10.9. The van der Waals surface area contributed by atoms with Crippen LogP contribution >= 0.6 is 0 Å². The summed E-state index contributed by atoms with van der Waals surface area (Å²) in [5, 5.41) is 0. The second-order valence-corrected chi connectivity index (χ2v) is 4.75. The van der Waals surface area contributed by atoms with Gasteiger partial charge in [0.1, 0.15) is 0 Å². The van der Waals surface area contributed by atoms with Crippen LogP contribution in [0, 0.1) is 0 Å². The van der Waals surface area contributed by atoms with E-state index in [4.69, 9.17) is 0 Å². The molecule has 0 amide bonds. The van der Waals surface area contributed by atoms with Crippen molar-refractivity contribution in [2.45, 2.75) is 64.8 Å².